The smallest absolute Gasteiger partial charge is 0.168 e. The Bertz CT molecular complexity index is 400. The summed E-state index contributed by atoms with van der Waals surface area (Å²) >= 11 is 0. The van der Waals surface area contributed by atoms with Crippen molar-refractivity contribution in [2.45, 2.75) is 39.2 Å². The fraction of sp³-hybridized carbons (Fsp3) is 0.615. The summed E-state index contributed by atoms with van der Waals surface area (Å²) in [7, 11) is 0. The van der Waals surface area contributed by atoms with Crippen LogP contribution in [0.4, 0.5) is 20.4 Å². The van der Waals surface area contributed by atoms with Gasteiger partial charge in [0.25, 0.3) is 0 Å². The number of halogens is 2. The molecule has 0 amide bonds. The third kappa shape index (κ3) is 5.38. The van der Waals surface area contributed by atoms with Crippen LogP contribution in [0.25, 0.3) is 0 Å². The van der Waals surface area contributed by atoms with Gasteiger partial charge in [0, 0.05) is 19.2 Å². The number of anilines is 2. The van der Waals surface area contributed by atoms with Crippen LogP contribution in [-0.4, -0.2) is 29.3 Å². The average molecular weight is 273 g/mol. The first kappa shape index (κ1) is 15.6. The minimum atomic E-state index is -0.711. The molecule has 0 bridgehead atoms. The highest BCUT2D eigenvalue weighted by Crippen LogP contribution is 2.19. The summed E-state index contributed by atoms with van der Waals surface area (Å²) in [6, 6.07) is 0.821. The SMILES string of the molecule is CCCNc1nc(NCCCC(C)O)c(F)cc1F. The zero-order valence-electron chi connectivity index (χ0n) is 11.3. The van der Waals surface area contributed by atoms with Crippen molar-refractivity contribution in [3.05, 3.63) is 17.7 Å². The molecule has 0 aliphatic heterocycles. The molecule has 0 aromatic carbocycles. The second-order valence-electron chi connectivity index (χ2n) is 4.49. The zero-order chi connectivity index (χ0) is 14.3. The molecule has 1 atom stereocenters. The molecule has 0 spiro atoms. The predicted molar refractivity (Wildman–Crippen MR) is 72.3 cm³/mol. The minimum Gasteiger partial charge on any atom is -0.393 e. The van der Waals surface area contributed by atoms with Crippen LogP contribution in [0.5, 0.6) is 0 Å². The lowest BCUT2D eigenvalue weighted by Gasteiger charge is -2.11. The van der Waals surface area contributed by atoms with E-state index in [0.717, 1.165) is 12.5 Å². The predicted octanol–water partition coefficient (Wildman–Crippen LogP) is 2.75. The van der Waals surface area contributed by atoms with E-state index in [1.807, 2.05) is 6.92 Å². The first-order valence-electron chi connectivity index (χ1n) is 6.56. The summed E-state index contributed by atoms with van der Waals surface area (Å²) in [6.45, 7) is 4.71. The average Bonchev–Trinajstić information content (AvgIpc) is 2.35. The summed E-state index contributed by atoms with van der Waals surface area (Å²) in [5, 5.41) is 14.7. The topological polar surface area (TPSA) is 57.2 Å². The number of nitrogens with one attached hydrogen (secondary N) is 2. The lowest BCUT2D eigenvalue weighted by Crippen LogP contribution is -2.11. The number of hydrogen-bond acceptors (Lipinski definition) is 4. The number of nitrogens with zero attached hydrogens (tertiary/aromatic N) is 1. The van der Waals surface area contributed by atoms with Gasteiger partial charge in [-0.3, -0.25) is 0 Å². The molecule has 1 heterocycles. The van der Waals surface area contributed by atoms with Gasteiger partial charge in [0.15, 0.2) is 23.3 Å². The van der Waals surface area contributed by atoms with E-state index in [2.05, 4.69) is 15.6 Å². The summed E-state index contributed by atoms with van der Waals surface area (Å²) in [5.41, 5.74) is 0. The normalized spacial score (nSPS) is 12.3. The molecule has 1 rings (SSSR count). The van der Waals surface area contributed by atoms with E-state index >= 15 is 0 Å². The summed E-state index contributed by atoms with van der Waals surface area (Å²) in [4.78, 5) is 3.89. The van der Waals surface area contributed by atoms with Gasteiger partial charge in [-0.05, 0) is 26.2 Å². The van der Waals surface area contributed by atoms with Crippen LogP contribution in [0.1, 0.15) is 33.1 Å². The van der Waals surface area contributed by atoms with Crippen LogP contribution in [0.3, 0.4) is 0 Å². The molecule has 108 valence electrons. The third-order valence-electron chi connectivity index (χ3n) is 2.56. The summed E-state index contributed by atoms with van der Waals surface area (Å²) < 4.78 is 26.9. The van der Waals surface area contributed by atoms with Crippen molar-refractivity contribution >= 4 is 11.6 Å². The van der Waals surface area contributed by atoms with Crippen LogP contribution in [-0.2, 0) is 0 Å². The molecule has 6 heteroatoms. The molecule has 3 N–H and O–H groups in total. The number of rotatable bonds is 8. The molecular formula is C13H21F2N3O. The second-order valence-corrected chi connectivity index (χ2v) is 4.49. The molecule has 1 unspecified atom stereocenters. The first-order chi connectivity index (χ1) is 9.04. The van der Waals surface area contributed by atoms with Crippen LogP contribution in [0.2, 0.25) is 0 Å². The van der Waals surface area contributed by atoms with Crippen molar-refractivity contribution in [3.63, 3.8) is 0 Å². The van der Waals surface area contributed by atoms with E-state index in [0.29, 0.717) is 25.9 Å². The van der Waals surface area contributed by atoms with Gasteiger partial charge in [-0.1, -0.05) is 6.92 Å². The maximum atomic E-state index is 13.5. The molecule has 0 aliphatic rings. The maximum Gasteiger partial charge on any atom is 0.168 e. The molecule has 0 aliphatic carbocycles. The van der Waals surface area contributed by atoms with Crippen LogP contribution in [0, 0.1) is 11.6 Å². The highest BCUT2D eigenvalue weighted by molar-refractivity contribution is 5.47. The lowest BCUT2D eigenvalue weighted by molar-refractivity contribution is 0.183. The largest absolute Gasteiger partial charge is 0.393 e. The Balaban J connectivity index is 2.61. The number of aromatic nitrogens is 1. The van der Waals surface area contributed by atoms with Crippen molar-refractivity contribution in [1.29, 1.82) is 0 Å². The first-order valence-corrected chi connectivity index (χ1v) is 6.56. The van der Waals surface area contributed by atoms with Gasteiger partial charge in [-0.15, -0.1) is 0 Å². The van der Waals surface area contributed by atoms with Crippen LogP contribution in [0.15, 0.2) is 6.07 Å². The Labute approximate surface area is 112 Å². The van der Waals surface area contributed by atoms with Gasteiger partial charge in [-0.2, -0.15) is 0 Å². The molecule has 0 saturated carbocycles. The number of aliphatic hydroxyl groups excluding tert-OH is 1. The second kappa shape index (κ2) is 7.89. The van der Waals surface area contributed by atoms with Gasteiger partial charge in [0.1, 0.15) is 0 Å². The fourth-order valence-corrected chi connectivity index (χ4v) is 1.56. The van der Waals surface area contributed by atoms with Gasteiger partial charge in [-0.25, -0.2) is 13.8 Å². The highest BCUT2D eigenvalue weighted by atomic mass is 19.1. The quantitative estimate of drug-likeness (QED) is 0.637. The molecule has 0 saturated heterocycles. The molecule has 0 fully saturated rings. The Morgan fingerprint density at radius 2 is 1.79 bits per heavy atom. The Hall–Kier alpha value is -1.43. The molecule has 19 heavy (non-hydrogen) atoms. The van der Waals surface area contributed by atoms with E-state index in [-0.39, 0.29) is 17.7 Å². The van der Waals surface area contributed by atoms with E-state index in [1.165, 1.54) is 0 Å². The molecule has 1 aromatic rings. The van der Waals surface area contributed by atoms with Gasteiger partial charge in [0.05, 0.1) is 6.10 Å². The lowest BCUT2D eigenvalue weighted by atomic mass is 10.2. The van der Waals surface area contributed by atoms with Crippen molar-refractivity contribution in [1.82, 2.24) is 4.98 Å². The minimum absolute atomic E-state index is 0.0330. The van der Waals surface area contributed by atoms with Crippen LogP contribution < -0.4 is 10.6 Å². The fourth-order valence-electron chi connectivity index (χ4n) is 1.56. The van der Waals surface area contributed by atoms with Crippen molar-refractivity contribution in [2.75, 3.05) is 23.7 Å². The van der Waals surface area contributed by atoms with Gasteiger partial charge in [0.2, 0.25) is 0 Å². The standard InChI is InChI=1S/C13H21F2N3O/c1-3-6-16-12-10(14)8-11(15)13(18-12)17-7-4-5-9(2)19/h8-9,19H,3-7H2,1-2H3,(H2,16,17,18). The van der Waals surface area contributed by atoms with Crippen molar-refractivity contribution in [2.24, 2.45) is 0 Å². The van der Waals surface area contributed by atoms with E-state index in [4.69, 9.17) is 5.11 Å². The monoisotopic (exact) mass is 273 g/mol. The third-order valence-corrected chi connectivity index (χ3v) is 2.56. The van der Waals surface area contributed by atoms with Crippen LogP contribution >= 0.6 is 0 Å². The molecular weight excluding hydrogens is 252 g/mol. The van der Waals surface area contributed by atoms with Gasteiger partial charge >= 0.3 is 0 Å². The Kier molecular flexibility index (Phi) is 6.49. The van der Waals surface area contributed by atoms with E-state index in [1.54, 1.807) is 6.92 Å². The Morgan fingerprint density at radius 1 is 1.21 bits per heavy atom. The van der Waals surface area contributed by atoms with E-state index in [9.17, 15) is 8.78 Å². The molecule has 0 radical (unpaired) electrons. The van der Waals surface area contributed by atoms with Gasteiger partial charge < -0.3 is 15.7 Å². The van der Waals surface area contributed by atoms with Crippen molar-refractivity contribution < 1.29 is 13.9 Å². The highest BCUT2D eigenvalue weighted by Gasteiger charge is 2.11. The summed E-state index contributed by atoms with van der Waals surface area (Å²) in [6.07, 6.45) is 1.76. The zero-order valence-corrected chi connectivity index (χ0v) is 11.3. The summed E-state index contributed by atoms with van der Waals surface area (Å²) in [5.74, 6) is -1.32. The number of pyridine rings is 1. The number of aliphatic hydroxyl groups is 1. The van der Waals surface area contributed by atoms with E-state index < -0.39 is 11.6 Å². The Morgan fingerprint density at radius 3 is 2.32 bits per heavy atom. The van der Waals surface area contributed by atoms with Crippen molar-refractivity contribution in [3.8, 4) is 0 Å². The maximum absolute atomic E-state index is 13.5. The molecule has 1 aromatic heterocycles. The number of hydrogen-bond donors (Lipinski definition) is 3. The molecule has 4 nitrogen and oxygen atoms in total.